The molecule has 2 rings (SSSR count). The largest absolute Gasteiger partial charge is 0.384 e. The van der Waals surface area contributed by atoms with Crippen molar-refractivity contribution in [3.63, 3.8) is 0 Å². The molecule has 3 nitrogen and oxygen atoms in total. The van der Waals surface area contributed by atoms with Gasteiger partial charge in [0.15, 0.2) is 5.82 Å². The number of anilines is 1. The number of rotatable bonds is 2. The van der Waals surface area contributed by atoms with Gasteiger partial charge in [0.25, 0.3) is 0 Å². The van der Waals surface area contributed by atoms with Crippen LogP contribution in [0.15, 0.2) is 16.6 Å². The summed E-state index contributed by atoms with van der Waals surface area (Å²) in [4.78, 5) is 2.03. The Balaban J connectivity index is 2.36. The van der Waals surface area contributed by atoms with Crippen molar-refractivity contribution >= 4 is 39.2 Å². The Morgan fingerprint density at radius 2 is 2.06 bits per heavy atom. The summed E-state index contributed by atoms with van der Waals surface area (Å²) in [5.41, 5.74) is 6.37. The number of nitrogens with zero attached hydrogens (tertiary/aromatic N) is 1. The Kier molecular flexibility index (Phi) is 3.93. The van der Waals surface area contributed by atoms with Crippen molar-refractivity contribution in [2.45, 2.75) is 0 Å². The van der Waals surface area contributed by atoms with E-state index in [1.807, 2.05) is 16.7 Å². The maximum absolute atomic E-state index is 14.2. The van der Waals surface area contributed by atoms with E-state index in [9.17, 15) is 4.39 Å². The van der Waals surface area contributed by atoms with Gasteiger partial charge in [0, 0.05) is 30.2 Å². The van der Waals surface area contributed by atoms with Gasteiger partial charge in [0.1, 0.15) is 5.84 Å². The molecule has 1 aromatic carbocycles. The lowest BCUT2D eigenvalue weighted by Crippen LogP contribution is -2.33. The van der Waals surface area contributed by atoms with Gasteiger partial charge in [-0.15, -0.1) is 0 Å². The average Bonchev–Trinajstić information content (AvgIpc) is 2.33. The zero-order valence-corrected chi connectivity index (χ0v) is 11.6. The molecule has 1 aliphatic rings. The Morgan fingerprint density at radius 3 is 2.65 bits per heavy atom. The number of amidine groups is 1. The standard InChI is InChI=1S/C11H13BrFN3S/c12-9-7(11(14)15)1-2-8(10(9)13)16-3-5-17-6-4-16/h1-2H,3-6H2,(H3,14,15). The number of nitrogen functional groups attached to an aromatic ring is 1. The third-order valence-corrected chi connectivity index (χ3v) is 4.42. The molecule has 1 saturated heterocycles. The molecule has 0 amide bonds. The summed E-state index contributed by atoms with van der Waals surface area (Å²) >= 11 is 5.05. The predicted molar refractivity (Wildman–Crippen MR) is 74.7 cm³/mol. The molecule has 0 spiro atoms. The van der Waals surface area contributed by atoms with E-state index >= 15 is 0 Å². The summed E-state index contributed by atoms with van der Waals surface area (Å²) < 4.78 is 14.4. The zero-order chi connectivity index (χ0) is 12.4. The van der Waals surface area contributed by atoms with Gasteiger partial charge >= 0.3 is 0 Å². The van der Waals surface area contributed by atoms with Crippen molar-refractivity contribution in [2.75, 3.05) is 29.5 Å². The maximum atomic E-state index is 14.2. The van der Waals surface area contributed by atoms with Crippen LogP contribution in [0.5, 0.6) is 0 Å². The topological polar surface area (TPSA) is 53.1 Å². The van der Waals surface area contributed by atoms with Crippen LogP contribution in [0.4, 0.5) is 10.1 Å². The number of nitrogens with two attached hydrogens (primary N) is 1. The normalized spacial score (nSPS) is 16.0. The molecule has 1 heterocycles. The summed E-state index contributed by atoms with van der Waals surface area (Å²) in [6.45, 7) is 1.71. The number of thioether (sulfide) groups is 1. The highest BCUT2D eigenvalue weighted by atomic mass is 79.9. The van der Waals surface area contributed by atoms with Crippen molar-refractivity contribution in [3.8, 4) is 0 Å². The molecule has 0 radical (unpaired) electrons. The molecule has 3 N–H and O–H groups in total. The number of benzene rings is 1. The van der Waals surface area contributed by atoms with Gasteiger partial charge in [0.05, 0.1) is 10.2 Å². The van der Waals surface area contributed by atoms with Gasteiger partial charge in [0.2, 0.25) is 0 Å². The first kappa shape index (κ1) is 12.7. The van der Waals surface area contributed by atoms with Gasteiger partial charge in [-0.25, -0.2) is 4.39 Å². The highest BCUT2D eigenvalue weighted by Gasteiger charge is 2.19. The van der Waals surface area contributed by atoms with E-state index in [-0.39, 0.29) is 16.1 Å². The molecule has 0 atom stereocenters. The molecule has 0 aromatic heterocycles. The minimum absolute atomic E-state index is 0.128. The second kappa shape index (κ2) is 5.27. The predicted octanol–water partition coefficient (Wildman–Crippen LogP) is 2.43. The van der Waals surface area contributed by atoms with E-state index in [4.69, 9.17) is 11.1 Å². The van der Waals surface area contributed by atoms with Crippen LogP contribution in [-0.4, -0.2) is 30.4 Å². The van der Waals surface area contributed by atoms with Crippen LogP contribution in [0.25, 0.3) is 0 Å². The Hall–Kier alpha value is -0.750. The lowest BCUT2D eigenvalue weighted by Gasteiger charge is -2.29. The van der Waals surface area contributed by atoms with Crippen molar-refractivity contribution in [1.82, 2.24) is 0 Å². The van der Waals surface area contributed by atoms with Crippen molar-refractivity contribution in [2.24, 2.45) is 5.73 Å². The minimum Gasteiger partial charge on any atom is -0.384 e. The molecule has 0 saturated carbocycles. The van der Waals surface area contributed by atoms with Gasteiger partial charge in [-0.05, 0) is 28.1 Å². The van der Waals surface area contributed by atoms with Crippen LogP contribution in [-0.2, 0) is 0 Å². The number of nitrogens with one attached hydrogen (secondary N) is 1. The smallest absolute Gasteiger partial charge is 0.161 e. The number of halogens is 2. The fourth-order valence-corrected chi connectivity index (χ4v) is 3.25. The number of hydrogen-bond donors (Lipinski definition) is 2. The highest BCUT2D eigenvalue weighted by molar-refractivity contribution is 9.10. The average molecular weight is 318 g/mol. The highest BCUT2D eigenvalue weighted by Crippen LogP contribution is 2.30. The van der Waals surface area contributed by atoms with Crippen LogP contribution >= 0.6 is 27.7 Å². The molecule has 6 heteroatoms. The Labute approximate surface area is 112 Å². The first-order valence-electron chi connectivity index (χ1n) is 5.26. The Bertz CT molecular complexity index is 447. The second-order valence-electron chi connectivity index (χ2n) is 3.77. The van der Waals surface area contributed by atoms with E-state index in [1.54, 1.807) is 12.1 Å². The second-order valence-corrected chi connectivity index (χ2v) is 5.79. The van der Waals surface area contributed by atoms with Crippen LogP contribution in [0.1, 0.15) is 5.56 Å². The summed E-state index contributed by atoms with van der Waals surface area (Å²) in [5, 5.41) is 7.35. The van der Waals surface area contributed by atoms with Crippen LogP contribution in [0, 0.1) is 11.2 Å². The minimum atomic E-state index is -0.329. The molecule has 0 bridgehead atoms. The molecule has 1 aliphatic heterocycles. The maximum Gasteiger partial charge on any atom is 0.161 e. The first-order chi connectivity index (χ1) is 8.11. The van der Waals surface area contributed by atoms with Crippen molar-refractivity contribution < 1.29 is 4.39 Å². The molecule has 0 aliphatic carbocycles. The molecular formula is C11H13BrFN3S. The van der Waals surface area contributed by atoms with Crippen LogP contribution < -0.4 is 10.6 Å². The van der Waals surface area contributed by atoms with E-state index in [1.165, 1.54) is 0 Å². The van der Waals surface area contributed by atoms with Crippen LogP contribution in [0.2, 0.25) is 0 Å². The van der Waals surface area contributed by atoms with E-state index < -0.39 is 0 Å². The van der Waals surface area contributed by atoms with Crippen molar-refractivity contribution in [1.29, 1.82) is 5.41 Å². The zero-order valence-electron chi connectivity index (χ0n) is 9.17. The quantitative estimate of drug-likeness (QED) is 0.650. The van der Waals surface area contributed by atoms with Gasteiger partial charge < -0.3 is 10.6 Å². The molecule has 17 heavy (non-hydrogen) atoms. The SMILES string of the molecule is N=C(N)c1ccc(N2CCSCC2)c(F)c1Br. The van der Waals surface area contributed by atoms with Gasteiger partial charge in [-0.3, -0.25) is 5.41 Å². The molecule has 1 fully saturated rings. The summed E-state index contributed by atoms with van der Waals surface area (Å²) in [5.74, 6) is 1.58. The van der Waals surface area contributed by atoms with E-state index in [2.05, 4.69) is 15.9 Å². The van der Waals surface area contributed by atoms with Gasteiger partial charge in [-0.1, -0.05) is 0 Å². The third kappa shape index (κ3) is 2.57. The van der Waals surface area contributed by atoms with Crippen molar-refractivity contribution in [3.05, 3.63) is 28.0 Å². The molecule has 1 aromatic rings. The monoisotopic (exact) mass is 317 g/mol. The van der Waals surface area contributed by atoms with Crippen LogP contribution in [0.3, 0.4) is 0 Å². The first-order valence-corrected chi connectivity index (χ1v) is 7.21. The van der Waals surface area contributed by atoms with Gasteiger partial charge in [-0.2, -0.15) is 11.8 Å². The molecular weight excluding hydrogens is 305 g/mol. The Morgan fingerprint density at radius 1 is 1.41 bits per heavy atom. The van der Waals surface area contributed by atoms with E-state index in [0.29, 0.717) is 11.3 Å². The summed E-state index contributed by atoms with van der Waals surface area (Å²) in [6, 6.07) is 3.39. The summed E-state index contributed by atoms with van der Waals surface area (Å²) in [7, 11) is 0. The fraction of sp³-hybridized carbons (Fsp3) is 0.364. The lowest BCUT2D eigenvalue weighted by atomic mass is 10.1. The van der Waals surface area contributed by atoms with E-state index in [0.717, 1.165) is 24.6 Å². The molecule has 92 valence electrons. The summed E-state index contributed by atoms with van der Waals surface area (Å²) in [6.07, 6.45) is 0. The molecule has 0 unspecified atom stereocenters. The lowest BCUT2D eigenvalue weighted by molar-refractivity contribution is 0.613. The number of hydrogen-bond acceptors (Lipinski definition) is 3. The fourth-order valence-electron chi connectivity index (χ4n) is 1.80. The third-order valence-electron chi connectivity index (χ3n) is 2.70.